The number of carboxylic acid groups (broad SMARTS) is 1. The minimum Gasteiger partial charge on any atom is -0.481 e. The smallest absolute Gasteiger partial charge is 0.409 e. The van der Waals surface area contributed by atoms with Gasteiger partial charge in [0.1, 0.15) is 12.8 Å². The number of benzene rings is 2. The van der Waals surface area contributed by atoms with Crippen molar-refractivity contribution in [2.45, 2.75) is 44.5 Å². The first-order valence-electron chi connectivity index (χ1n) is 12.9. The summed E-state index contributed by atoms with van der Waals surface area (Å²) in [5, 5.41) is 21.0. The number of hydrogen-bond donors (Lipinski definition) is 5. The highest BCUT2D eigenvalue weighted by Crippen LogP contribution is 2.21. The Morgan fingerprint density at radius 2 is 1.79 bits per heavy atom. The van der Waals surface area contributed by atoms with E-state index in [1.807, 2.05) is 30.3 Å². The molecule has 0 aromatic heterocycles. The van der Waals surface area contributed by atoms with Crippen LogP contribution < -0.4 is 26.2 Å². The minimum atomic E-state index is -1.17. The number of guanidine groups is 1. The highest BCUT2D eigenvalue weighted by Gasteiger charge is 2.22. The van der Waals surface area contributed by atoms with E-state index in [1.54, 1.807) is 24.3 Å². The third-order valence-corrected chi connectivity index (χ3v) is 6.42. The predicted octanol–water partition coefficient (Wildman–Crippen LogP) is 2.05. The minimum absolute atomic E-state index is 0.0286. The summed E-state index contributed by atoms with van der Waals surface area (Å²) < 4.78 is 5.15. The van der Waals surface area contributed by atoms with Gasteiger partial charge in [-0.15, -0.1) is 0 Å². The lowest BCUT2D eigenvalue weighted by Gasteiger charge is -2.35. The summed E-state index contributed by atoms with van der Waals surface area (Å²) in [5.74, 6) is -0.765. The molecule has 2 aliphatic rings. The van der Waals surface area contributed by atoms with E-state index in [1.165, 1.54) is 0 Å². The lowest BCUT2D eigenvalue weighted by Crippen LogP contribution is -2.50. The van der Waals surface area contributed by atoms with E-state index in [0.29, 0.717) is 11.6 Å². The molecule has 2 aromatic carbocycles. The third kappa shape index (κ3) is 8.12. The first kappa shape index (κ1) is 26.8. The number of carbonyl (C=O) groups is 3. The molecule has 1 unspecified atom stereocenters. The molecule has 2 aliphatic heterocycles. The number of piperidine rings is 1. The molecule has 1 fully saturated rings. The molecule has 11 nitrogen and oxygen atoms in total. The number of rotatable bonds is 9. The molecule has 5 N–H and O–H groups in total. The van der Waals surface area contributed by atoms with Crippen LogP contribution in [0.3, 0.4) is 0 Å². The molecule has 2 heterocycles. The maximum absolute atomic E-state index is 12.8. The van der Waals surface area contributed by atoms with Crippen LogP contribution in [0.15, 0.2) is 59.6 Å². The van der Waals surface area contributed by atoms with Crippen molar-refractivity contribution in [3.05, 3.63) is 65.7 Å². The molecule has 2 amide bonds. The Hall–Kier alpha value is -4.28. The number of nitrogens with zero attached hydrogens (tertiary/aromatic N) is 2. The summed E-state index contributed by atoms with van der Waals surface area (Å²) in [6.45, 7) is 3.61. The molecule has 11 heteroatoms. The van der Waals surface area contributed by atoms with Gasteiger partial charge in [-0.3, -0.25) is 14.6 Å². The lowest BCUT2D eigenvalue weighted by atomic mass is 10.0. The number of aliphatic imine (C=N–C) groups is 1. The molecule has 0 saturated carbocycles. The number of anilines is 1. The number of ether oxygens (including phenoxy) is 1. The fourth-order valence-electron chi connectivity index (χ4n) is 4.39. The first-order chi connectivity index (χ1) is 18.5. The first-order valence-corrected chi connectivity index (χ1v) is 12.9. The molecule has 38 heavy (non-hydrogen) atoms. The van der Waals surface area contributed by atoms with Gasteiger partial charge in [-0.1, -0.05) is 30.3 Å². The van der Waals surface area contributed by atoms with E-state index in [4.69, 9.17) is 4.74 Å². The van der Waals surface area contributed by atoms with Crippen molar-refractivity contribution in [2.75, 3.05) is 31.1 Å². The summed E-state index contributed by atoms with van der Waals surface area (Å²) in [6.07, 6.45) is 0.584. The Morgan fingerprint density at radius 3 is 2.45 bits per heavy atom. The zero-order chi connectivity index (χ0) is 26.7. The average molecular weight is 523 g/mol. The van der Waals surface area contributed by atoms with E-state index in [-0.39, 0.29) is 6.61 Å². The zero-order valence-electron chi connectivity index (χ0n) is 21.2. The fraction of sp³-hybridized carbons (Fsp3) is 0.407. The summed E-state index contributed by atoms with van der Waals surface area (Å²) in [4.78, 5) is 43.0. The van der Waals surface area contributed by atoms with Crippen LogP contribution in [0.5, 0.6) is 0 Å². The maximum Gasteiger partial charge on any atom is 0.409 e. The third-order valence-electron chi connectivity index (χ3n) is 6.42. The number of aliphatic carboxylic acids is 1. The van der Waals surface area contributed by atoms with Crippen molar-refractivity contribution in [3.8, 4) is 0 Å². The topological polar surface area (TPSA) is 144 Å². The summed E-state index contributed by atoms with van der Waals surface area (Å²) in [5.41, 5.74) is 2.16. The highest BCUT2D eigenvalue weighted by molar-refractivity contribution is 5.95. The van der Waals surface area contributed by atoms with Crippen LogP contribution in [-0.2, 0) is 16.1 Å². The molecular weight excluding hydrogens is 488 g/mol. The van der Waals surface area contributed by atoms with E-state index in [0.717, 1.165) is 62.7 Å². The van der Waals surface area contributed by atoms with Gasteiger partial charge < -0.3 is 36.0 Å². The molecule has 0 bridgehead atoms. The second-order valence-corrected chi connectivity index (χ2v) is 9.29. The number of nitrogens with one attached hydrogen (secondary N) is 4. The predicted molar refractivity (Wildman–Crippen MR) is 143 cm³/mol. The van der Waals surface area contributed by atoms with Crippen molar-refractivity contribution in [1.29, 1.82) is 0 Å². The van der Waals surface area contributed by atoms with Crippen molar-refractivity contribution in [3.63, 3.8) is 0 Å². The van der Waals surface area contributed by atoms with E-state index in [9.17, 15) is 19.5 Å². The molecule has 0 aliphatic carbocycles. The number of carbonyl (C=O) groups excluding carboxylic acids is 2. The van der Waals surface area contributed by atoms with Gasteiger partial charge >= 0.3 is 12.1 Å². The molecule has 2 aromatic rings. The van der Waals surface area contributed by atoms with Gasteiger partial charge in [0, 0.05) is 43.5 Å². The second-order valence-electron chi connectivity index (χ2n) is 9.29. The van der Waals surface area contributed by atoms with Crippen LogP contribution >= 0.6 is 0 Å². The Morgan fingerprint density at radius 1 is 1.05 bits per heavy atom. The number of hydrogen-bond acceptors (Lipinski definition) is 8. The monoisotopic (exact) mass is 522 g/mol. The van der Waals surface area contributed by atoms with Crippen molar-refractivity contribution < 1.29 is 24.2 Å². The quantitative estimate of drug-likeness (QED) is 0.315. The molecule has 0 spiro atoms. The van der Waals surface area contributed by atoms with Gasteiger partial charge in [0.2, 0.25) is 0 Å². The molecule has 0 radical (unpaired) electrons. The summed E-state index contributed by atoms with van der Waals surface area (Å²) in [7, 11) is 0. The van der Waals surface area contributed by atoms with Gasteiger partial charge in [-0.25, -0.2) is 4.79 Å². The van der Waals surface area contributed by atoms with Gasteiger partial charge in [-0.05, 0) is 49.1 Å². The van der Waals surface area contributed by atoms with Crippen molar-refractivity contribution in [2.24, 2.45) is 4.99 Å². The Labute approximate surface area is 221 Å². The Bertz CT molecular complexity index is 1120. The van der Waals surface area contributed by atoms with E-state index in [2.05, 4.69) is 31.2 Å². The van der Waals surface area contributed by atoms with Crippen LogP contribution in [0.1, 0.15) is 41.6 Å². The van der Waals surface area contributed by atoms with Crippen LogP contribution in [0.25, 0.3) is 0 Å². The van der Waals surface area contributed by atoms with Crippen LogP contribution in [0, 0.1) is 0 Å². The van der Waals surface area contributed by atoms with Crippen molar-refractivity contribution >= 4 is 29.6 Å². The van der Waals surface area contributed by atoms with Crippen molar-refractivity contribution in [1.82, 2.24) is 21.3 Å². The molecule has 1 atom stereocenters. The lowest BCUT2D eigenvalue weighted by molar-refractivity contribution is -0.137. The van der Waals surface area contributed by atoms with Crippen LogP contribution in [0.4, 0.5) is 10.5 Å². The summed E-state index contributed by atoms with van der Waals surface area (Å²) >= 11 is 0. The van der Waals surface area contributed by atoms with Gasteiger partial charge in [-0.2, -0.15) is 0 Å². The number of carboxylic acids is 1. The Balaban J connectivity index is 1.26. The van der Waals surface area contributed by atoms with Gasteiger partial charge in [0.15, 0.2) is 5.96 Å². The SMILES string of the molecule is O=C(O)CC(NC(=O)OCc1ccccc1)NC(=O)c1ccc(N2CCC(NC3=NCCCN3)CC2)cc1. The Kier molecular flexibility index (Phi) is 9.38. The number of alkyl carbamates (subject to hydrolysis) is 1. The van der Waals surface area contributed by atoms with E-state index < -0.39 is 30.6 Å². The normalized spacial score (nSPS) is 16.4. The van der Waals surface area contributed by atoms with Gasteiger partial charge in [0.25, 0.3) is 5.91 Å². The van der Waals surface area contributed by atoms with Crippen LogP contribution in [0.2, 0.25) is 0 Å². The fourth-order valence-corrected chi connectivity index (χ4v) is 4.39. The second kappa shape index (κ2) is 13.3. The molecule has 4 rings (SSSR count). The maximum atomic E-state index is 12.8. The molecule has 1 saturated heterocycles. The molecular formula is C27H34N6O5. The highest BCUT2D eigenvalue weighted by atomic mass is 16.5. The number of amides is 2. The summed E-state index contributed by atoms with van der Waals surface area (Å²) in [6, 6.07) is 16.6. The average Bonchev–Trinajstić information content (AvgIpc) is 2.93. The van der Waals surface area contributed by atoms with Gasteiger partial charge in [0.05, 0.1) is 6.42 Å². The molecule has 202 valence electrons. The largest absolute Gasteiger partial charge is 0.481 e. The zero-order valence-corrected chi connectivity index (χ0v) is 21.2. The van der Waals surface area contributed by atoms with Crippen LogP contribution in [-0.4, -0.2) is 67.4 Å². The standard InChI is InChI=1S/C27H34N6O5/c34-24(35)17-23(32-27(37)38-18-19-5-2-1-3-6-19)31-25(36)20-7-9-22(10-8-20)33-15-11-21(12-16-33)30-26-28-13-4-14-29-26/h1-3,5-10,21,23H,4,11-18H2,(H,31,36)(H,32,37)(H,34,35)(H2,28,29,30). The van der Waals surface area contributed by atoms with E-state index >= 15 is 0 Å².